The van der Waals surface area contributed by atoms with Crippen LogP contribution in [0.25, 0.3) is 5.70 Å². The van der Waals surface area contributed by atoms with E-state index in [1.54, 1.807) is 21.1 Å². The summed E-state index contributed by atoms with van der Waals surface area (Å²) in [7, 11) is 5.26. The van der Waals surface area contributed by atoms with Crippen molar-refractivity contribution in [2.24, 2.45) is 4.99 Å². The third kappa shape index (κ3) is 5.46. The first-order chi connectivity index (χ1) is 19.4. The first kappa shape index (κ1) is 27.8. The van der Waals surface area contributed by atoms with Gasteiger partial charge in [-0.15, -0.1) is 0 Å². The summed E-state index contributed by atoms with van der Waals surface area (Å²) in [5.41, 5.74) is 3.20. The number of amides is 1. The number of hydrogen-bond donors (Lipinski definition) is 0. The molecule has 3 aliphatic heterocycles. The minimum Gasteiger partial charge on any atom is -0.497 e. The Bertz CT molecular complexity index is 1370. The SMILES string of the molecule is CCOC(=O)C1=C(c2ccccc2)N=C2SC=C(CC(=O)N3CCN(C)CC3)N2[C@@H]1c1cc(OC)ccc1OC. The molecule has 0 saturated carbocycles. The molecule has 9 nitrogen and oxygen atoms in total. The number of likely N-dealkylation sites (N-methyl/N-ethyl adjacent to an activating group) is 1. The van der Waals surface area contributed by atoms with Gasteiger partial charge in [-0.3, -0.25) is 4.79 Å². The van der Waals surface area contributed by atoms with Gasteiger partial charge in [0.05, 0.1) is 44.6 Å². The van der Waals surface area contributed by atoms with Gasteiger partial charge in [0.2, 0.25) is 5.91 Å². The molecule has 0 spiro atoms. The molecule has 1 fully saturated rings. The zero-order chi connectivity index (χ0) is 28.2. The van der Waals surface area contributed by atoms with Crippen LogP contribution in [0, 0.1) is 0 Å². The number of rotatable bonds is 8. The molecule has 10 heteroatoms. The summed E-state index contributed by atoms with van der Waals surface area (Å²) in [5, 5.41) is 2.64. The zero-order valence-corrected chi connectivity index (χ0v) is 24.1. The lowest BCUT2D eigenvalue weighted by atomic mass is 9.90. The third-order valence-corrected chi connectivity index (χ3v) is 8.16. The molecule has 0 N–H and O–H groups in total. The number of fused-ring (bicyclic) bond motifs is 1. The lowest BCUT2D eigenvalue weighted by Crippen LogP contribution is -2.47. The van der Waals surface area contributed by atoms with Crippen LogP contribution in [0.2, 0.25) is 0 Å². The first-order valence-corrected chi connectivity index (χ1v) is 14.2. The molecule has 3 aliphatic rings. The van der Waals surface area contributed by atoms with Crippen molar-refractivity contribution < 1.29 is 23.8 Å². The second kappa shape index (κ2) is 12.2. The van der Waals surface area contributed by atoms with Gasteiger partial charge < -0.3 is 28.9 Å². The number of esters is 1. The number of piperazine rings is 1. The lowest BCUT2D eigenvalue weighted by molar-refractivity contribution is -0.139. The van der Waals surface area contributed by atoms with Crippen molar-refractivity contribution in [1.29, 1.82) is 0 Å². The van der Waals surface area contributed by atoms with Crippen molar-refractivity contribution in [3.8, 4) is 11.5 Å². The van der Waals surface area contributed by atoms with Crippen molar-refractivity contribution in [2.75, 3.05) is 54.1 Å². The highest BCUT2D eigenvalue weighted by atomic mass is 32.2. The van der Waals surface area contributed by atoms with E-state index in [0.717, 1.165) is 24.4 Å². The molecule has 5 rings (SSSR count). The molecular weight excluding hydrogens is 528 g/mol. The van der Waals surface area contributed by atoms with Crippen LogP contribution in [0.3, 0.4) is 0 Å². The number of thioether (sulfide) groups is 1. The summed E-state index contributed by atoms with van der Waals surface area (Å²) < 4.78 is 17.0. The fourth-order valence-electron chi connectivity index (χ4n) is 5.16. The fraction of sp³-hybridized carbons (Fsp3) is 0.367. The summed E-state index contributed by atoms with van der Waals surface area (Å²) in [6.07, 6.45) is 0.190. The van der Waals surface area contributed by atoms with E-state index in [2.05, 4.69) is 11.9 Å². The predicted octanol–water partition coefficient (Wildman–Crippen LogP) is 4.14. The van der Waals surface area contributed by atoms with Crippen molar-refractivity contribution in [2.45, 2.75) is 19.4 Å². The molecule has 0 radical (unpaired) electrons. The molecule has 0 aliphatic carbocycles. The van der Waals surface area contributed by atoms with E-state index in [1.165, 1.54) is 11.8 Å². The van der Waals surface area contributed by atoms with Gasteiger partial charge in [-0.05, 0) is 37.6 Å². The van der Waals surface area contributed by atoms with Crippen LogP contribution >= 0.6 is 11.8 Å². The van der Waals surface area contributed by atoms with Gasteiger partial charge in [-0.1, -0.05) is 42.1 Å². The zero-order valence-electron chi connectivity index (χ0n) is 23.3. The lowest BCUT2D eigenvalue weighted by Gasteiger charge is -2.38. The van der Waals surface area contributed by atoms with Crippen molar-refractivity contribution in [3.63, 3.8) is 0 Å². The Balaban J connectivity index is 1.64. The maximum absolute atomic E-state index is 13.8. The summed E-state index contributed by atoms with van der Waals surface area (Å²) >= 11 is 1.45. The van der Waals surface area contributed by atoms with E-state index in [4.69, 9.17) is 19.2 Å². The standard InChI is InChI=1S/C30H34N4O5S/c1-5-39-29(36)26-27(20-9-7-6-8-10-20)31-30-34(28(26)23-18-22(37-3)11-12-24(23)38-4)21(19-40-30)17-25(35)33-15-13-32(2)14-16-33/h6-12,18-19,28H,5,13-17H2,1-4H3/t28-/m1/s1. The van der Waals surface area contributed by atoms with Crippen molar-refractivity contribution in [3.05, 3.63) is 76.3 Å². The number of methoxy groups -OCH3 is 2. The molecule has 2 aromatic carbocycles. The van der Waals surface area contributed by atoms with Crippen LogP contribution in [0.5, 0.6) is 11.5 Å². The van der Waals surface area contributed by atoms with E-state index in [-0.39, 0.29) is 18.9 Å². The monoisotopic (exact) mass is 562 g/mol. The molecular formula is C30H34N4O5S. The van der Waals surface area contributed by atoms with Gasteiger partial charge >= 0.3 is 5.97 Å². The van der Waals surface area contributed by atoms with Crippen LogP contribution in [0.4, 0.5) is 0 Å². The third-order valence-electron chi connectivity index (χ3n) is 7.27. The molecule has 210 valence electrons. The van der Waals surface area contributed by atoms with Gasteiger partial charge in [-0.2, -0.15) is 0 Å². The summed E-state index contributed by atoms with van der Waals surface area (Å²) in [5.74, 6) is 0.784. The Morgan fingerprint density at radius 3 is 2.45 bits per heavy atom. The van der Waals surface area contributed by atoms with Crippen LogP contribution in [-0.4, -0.2) is 85.8 Å². The summed E-state index contributed by atoms with van der Waals surface area (Å²) in [6, 6.07) is 14.5. The Morgan fingerprint density at radius 2 is 1.77 bits per heavy atom. The van der Waals surface area contributed by atoms with Crippen LogP contribution in [0.1, 0.15) is 30.5 Å². The Labute approximate surface area is 239 Å². The molecule has 40 heavy (non-hydrogen) atoms. The summed E-state index contributed by atoms with van der Waals surface area (Å²) in [4.78, 5) is 38.3. The highest BCUT2D eigenvalue weighted by molar-refractivity contribution is 8.16. The van der Waals surface area contributed by atoms with Gasteiger partial charge in [0.1, 0.15) is 11.5 Å². The molecule has 2 aromatic rings. The molecule has 1 atom stereocenters. The molecule has 1 saturated heterocycles. The number of carbonyl (C=O) groups excluding carboxylic acids is 2. The first-order valence-electron chi connectivity index (χ1n) is 13.3. The number of aliphatic imine (C=N–C) groups is 1. The normalized spacial score (nSPS) is 19.1. The second-order valence-corrected chi connectivity index (χ2v) is 10.5. The topological polar surface area (TPSA) is 83.9 Å². The molecule has 0 bridgehead atoms. The second-order valence-electron chi connectivity index (χ2n) is 9.71. The molecule has 3 heterocycles. The number of ether oxygens (including phenoxy) is 3. The van der Waals surface area contributed by atoms with Crippen LogP contribution in [-0.2, 0) is 14.3 Å². The Hall–Kier alpha value is -3.76. The highest BCUT2D eigenvalue weighted by Crippen LogP contribution is 2.49. The average Bonchev–Trinajstić information content (AvgIpc) is 3.38. The smallest absolute Gasteiger partial charge is 0.338 e. The number of amidine groups is 1. The van der Waals surface area contributed by atoms with Crippen LogP contribution < -0.4 is 9.47 Å². The fourth-order valence-corrected chi connectivity index (χ4v) is 6.08. The number of benzene rings is 2. The maximum Gasteiger partial charge on any atom is 0.338 e. The van der Waals surface area contributed by atoms with Gasteiger partial charge in [0, 0.05) is 43.0 Å². The Kier molecular flexibility index (Phi) is 8.46. The number of hydrogen-bond acceptors (Lipinski definition) is 9. The quantitative estimate of drug-likeness (QED) is 0.444. The van der Waals surface area contributed by atoms with E-state index in [9.17, 15) is 9.59 Å². The highest BCUT2D eigenvalue weighted by Gasteiger charge is 2.44. The van der Waals surface area contributed by atoms with Gasteiger partial charge in [-0.25, -0.2) is 9.79 Å². The maximum atomic E-state index is 13.8. The van der Waals surface area contributed by atoms with Crippen molar-refractivity contribution in [1.82, 2.24) is 14.7 Å². The van der Waals surface area contributed by atoms with E-state index >= 15 is 0 Å². The van der Waals surface area contributed by atoms with E-state index < -0.39 is 12.0 Å². The predicted molar refractivity (Wildman–Crippen MR) is 156 cm³/mol. The van der Waals surface area contributed by atoms with Crippen LogP contribution in [0.15, 0.2) is 70.2 Å². The minimum absolute atomic E-state index is 0.0491. The van der Waals surface area contributed by atoms with E-state index in [0.29, 0.717) is 46.6 Å². The van der Waals surface area contributed by atoms with E-state index in [1.807, 2.05) is 63.7 Å². The largest absolute Gasteiger partial charge is 0.497 e. The number of nitrogens with zero attached hydrogens (tertiary/aromatic N) is 4. The molecule has 0 unspecified atom stereocenters. The van der Waals surface area contributed by atoms with Gasteiger partial charge in [0.25, 0.3) is 0 Å². The Morgan fingerprint density at radius 1 is 1.02 bits per heavy atom. The summed E-state index contributed by atoms with van der Waals surface area (Å²) in [6.45, 7) is 5.06. The molecule has 0 aromatic heterocycles. The number of carbonyl (C=O) groups is 2. The van der Waals surface area contributed by atoms with Gasteiger partial charge in [0.15, 0.2) is 5.17 Å². The molecule has 1 amide bonds. The van der Waals surface area contributed by atoms with Crippen molar-refractivity contribution >= 4 is 34.5 Å². The minimum atomic E-state index is -0.659. The average molecular weight is 563 g/mol.